The van der Waals surface area contributed by atoms with Gasteiger partial charge in [-0.05, 0) is 42.5 Å². The molecule has 110 valence electrons. The number of carbonyl (C=O) groups excluding carboxylic acids is 1. The molecular weight excluding hydrogens is 358 g/mol. The molecule has 0 saturated heterocycles. The van der Waals surface area contributed by atoms with Crippen molar-refractivity contribution in [2.45, 2.75) is 0 Å². The smallest absolute Gasteiger partial charge is 0.262 e. The molecule has 4 nitrogen and oxygen atoms in total. The number of anilines is 1. The lowest BCUT2D eigenvalue weighted by atomic mass is 10.3. The van der Waals surface area contributed by atoms with Crippen LogP contribution in [-0.2, 0) is 4.79 Å². The monoisotopic (exact) mass is 369 g/mol. The van der Waals surface area contributed by atoms with Crippen LogP contribution < -0.4 is 14.8 Å². The van der Waals surface area contributed by atoms with Gasteiger partial charge in [-0.15, -0.1) is 0 Å². The van der Waals surface area contributed by atoms with Gasteiger partial charge in [-0.25, -0.2) is 0 Å². The molecule has 2 aromatic rings. The van der Waals surface area contributed by atoms with E-state index in [4.69, 9.17) is 21.1 Å². The zero-order chi connectivity index (χ0) is 15.2. The van der Waals surface area contributed by atoms with Gasteiger partial charge in [0.2, 0.25) is 0 Å². The first kappa shape index (κ1) is 15.7. The van der Waals surface area contributed by atoms with Crippen LogP contribution in [0.3, 0.4) is 0 Å². The first-order valence-corrected chi connectivity index (χ1v) is 7.27. The Bertz CT molecular complexity index is 631. The number of methoxy groups -OCH3 is 1. The number of hydrogen-bond donors (Lipinski definition) is 1. The molecule has 2 rings (SSSR count). The molecule has 1 N–H and O–H groups in total. The number of benzene rings is 2. The number of nitrogens with one attached hydrogen (secondary N) is 1. The van der Waals surface area contributed by atoms with Gasteiger partial charge in [0.1, 0.15) is 11.5 Å². The maximum atomic E-state index is 11.8. The van der Waals surface area contributed by atoms with Gasteiger partial charge >= 0.3 is 0 Å². The van der Waals surface area contributed by atoms with E-state index < -0.39 is 0 Å². The molecule has 2 aromatic carbocycles. The fourth-order valence-electron chi connectivity index (χ4n) is 1.62. The van der Waals surface area contributed by atoms with E-state index in [1.165, 1.54) is 7.11 Å². The van der Waals surface area contributed by atoms with Gasteiger partial charge in [-0.2, -0.15) is 0 Å². The van der Waals surface area contributed by atoms with Crippen molar-refractivity contribution in [3.63, 3.8) is 0 Å². The molecule has 0 heterocycles. The van der Waals surface area contributed by atoms with Crippen LogP contribution in [0.2, 0.25) is 5.02 Å². The van der Waals surface area contributed by atoms with Crippen molar-refractivity contribution in [3.05, 3.63) is 52.0 Å². The average Bonchev–Trinajstić information content (AvgIpc) is 2.47. The lowest BCUT2D eigenvalue weighted by Crippen LogP contribution is -2.20. The number of rotatable bonds is 5. The Morgan fingerprint density at radius 2 is 1.95 bits per heavy atom. The van der Waals surface area contributed by atoms with Gasteiger partial charge in [-0.1, -0.05) is 27.5 Å². The Balaban J connectivity index is 1.89. The molecule has 1 amide bonds. The third kappa shape index (κ3) is 4.65. The second-order valence-corrected chi connectivity index (χ2v) is 5.46. The van der Waals surface area contributed by atoms with E-state index in [0.29, 0.717) is 22.2 Å². The molecular formula is C15H13BrClNO3. The highest BCUT2D eigenvalue weighted by atomic mass is 79.9. The van der Waals surface area contributed by atoms with Crippen molar-refractivity contribution in [3.8, 4) is 11.5 Å². The Morgan fingerprint density at radius 3 is 2.57 bits per heavy atom. The zero-order valence-electron chi connectivity index (χ0n) is 11.2. The molecule has 6 heteroatoms. The SMILES string of the molecule is COc1ccc(NC(=O)COc2ccc(Br)cc2)cc1Cl. The number of halogens is 2. The van der Waals surface area contributed by atoms with E-state index in [1.807, 2.05) is 12.1 Å². The summed E-state index contributed by atoms with van der Waals surface area (Å²) in [4.78, 5) is 11.8. The highest BCUT2D eigenvalue weighted by molar-refractivity contribution is 9.10. The zero-order valence-corrected chi connectivity index (χ0v) is 13.6. The molecule has 0 aromatic heterocycles. The Hall–Kier alpha value is -1.72. The summed E-state index contributed by atoms with van der Waals surface area (Å²) in [5.74, 6) is 0.918. The van der Waals surface area contributed by atoms with Crippen LogP contribution in [0.1, 0.15) is 0 Å². The van der Waals surface area contributed by atoms with Gasteiger partial charge in [0.05, 0.1) is 12.1 Å². The predicted octanol–water partition coefficient (Wildman–Crippen LogP) is 4.13. The summed E-state index contributed by atoms with van der Waals surface area (Å²) >= 11 is 9.32. The second kappa shape index (κ2) is 7.33. The van der Waals surface area contributed by atoms with E-state index in [2.05, 4.69) is 21.2 Å². The molecule has 0 aliphatic heterocycles. The van der Waals surface area contributed by atoms with E-state index in [-0.39, 0.29) is 12.5 Å². The molecule has 0 unspecified atom stereocenters. The van der Waals surface area contributed by atoms with Gasteiger partial charge in [0.15, 0.2) is 6.61 Å². The fraction of sp³-hybridized carbons (Fsp3) is 0.133. The molecule has 0 aliphatic carbocycles. The summed E-state index contributed by atoms with van der Waals surface area (Å²) in [5.41, 5.74) is 0.588. The molecule has 21 heavy (non-hydrogen) atoms. The van der Waals surface area contributed by atoms with Crippen molar-refractivity contribution in [1.82, 2.24) is 0 Å². The van der Waals surface area contributed by atoms with Crippen LogP contribution in [0.25, 0.3) is 0 Å². The topological polar surface area (TPSA) is 47.6 Å². The van der Waals surface area contributed by atoms with Gasteiger partial charge in [0.25, 0.3) is 5.91 Å². The summed E-state index contributed by atoms with van der Waals surface area (Å²) in [7, 11) is 1.53. The van der Waals surface area contributed by atoms with Crippen molar-refractivity contribution in [1.29, 1.82) is 0 Å². The van der Waals surface area contributed by atoms with Crippen molar-refractivity contribution >= 4 is 39.1 Å². The van der Waals surface area contributed by atoms with E-state index in [0.717, 1.165) is 4.47 Å². The van der Waals surface area contributed by atoms with Gasteiger partial charge in [0, 0.05) is 10.2 Å². The quantitative estimate of drug-likeness (QED) is 0.861. The third-order valence-corrected chi connectivity index (χ3v) is 3.44. The maximum absolute atomic E-state index is 11.8. The normalized spacial score (nSPS) is 10.0. The largest absolute Gasteiger partial charge is 0.495 e. The number of amides is 1. The van der Waals surface area contributed by atoms with E-state index in [9.17, 15) is 4.79 Å². The predicted molar refractivity (Wildman–Crippen MR) is 86.3 cm³/mol. The van der Waals surface area contributed by atoms with E-state index in [1.54, 1.807) is 30.3 Å². The number of hydrogen-bond acceptors (Lipinski definition) is 3. The molecule has 0 saturated carbocycles. The summed E-state index contributed by atoms with van der Waals surface area (Å²) in [6.07, 6.45) is 0. The molecule has 0 spiro atoms. The highest BCUT2D eigenvalue weighted by Crippen LogP contribution is 2.27. The van der Waals surface area contributed by atoms with Crippen molar-refractivity contribution < 1.29 is 14.3 Å². The lowest BCUT2D eigenvalue weighted by Gasteiger charge is -2.09. The van der Waals surface area contributed by atoms with Gasteiger partial charge < -0.3 is 14.8 Å². The maximum Gasteiger partial charge on any atom is 0.262 e. The van der Waals surface area contributed by atoms with Crippen LogP contribution >= 0.6 is 27.5 Å². The first-order chi connectivity index (χ1) is 10.1. The highest BCUT2D eigenvalue weighted by Gasteiger charge is 2.06. The number of ether oxygens (including phenoxy) is 2. The Kier molecular flexibility index (Phi) is 5.47. The van der Waals surface area contributed by atoms with Crippen molar-refractivity contribution in [2.24, 2.45) is 0 Å². The molecule has 0 aliphatic rings. The summed E-state index contributed by atoms with van der Waals surface area (Å²) in [5, 5.41) is 3.14. The van der Waals surface area contributed by atoms with Crippen LogP contribution in [-0.4, -0.2) is 19.6 Å². The van der Waals surface area contributed by atoms with Crippen LogP contribution in [0.5, 0.6) is 11.5 Å². The first-order valence-electron chi connectivity index (χ1n) is 6.10. The second-order valence-electron chi connectivity index (χ2n) is 4.14. The minimum Gasteiger partial charge on any atom is -0.495 e. The molecule has 0 radical (unpaired) electrons. The third-order valence-electron chi connectivity index (χ3n) is 2.62. The van der Waals surface area contributed by atoms with E-state index >= 15 is 0 Å². The molecule has 0 bridgehead atoms. The Morgan fingerprint density at radius 1 is 1.24 bits per heavy atom. The van der Waals surface area contributed by atoms with Crippen LogP contribution in [0, 0.1) is 0 Å². The molecule has 0 fully saturated rings. The van der Waals surface area contributed by atoms with Crippen LogP contribution in [0.4, 0.5) is 5.69 Å². The Labute approximate surface area is 136 Å². The summed E-state index contributed by atoms with van der Waals surface area (Å²) < 4.78 is 11.4. The van der Waals surface area contributed by atoms with Crippen molar-refractivity contribution in [2.75, 3.05) is 19.0 Å². The van der Waals surface area contributed by atoms with Crippen LogP contribution in [0.15, 0.2) is 46.9 Å². The standard InChI is InChI=1S/C15H13BrClNO3/c1-20-14-7-4-11(8-13(14)17)18-15(19)9-21-12-5-2-10(16)3-6-12/h2-8H,9H2,1H3,(H,18,19). The average molecular weight is 371 g/mol. The summed E-state index contributed by atoms with van der Waals surface area (Å²) in [6, 6.07) is 12.3. The fourth-order valence-corrected chi connectivity index (χ4v) is 2.14. The lowest BCUT2D eigenvalue weighted by molar-refractivity contribution is -0.118. The minimum atomic E-state index is -0.265. The number of carbonyl (C=O) groups is 1. The minimum absolute atomic E-state index is 0.0781. The molecule has 0 atom stereocenters. The van der Waals surface area contributed by atoms with Gasteiger partial charge in [-0.3, -0.25) is 4.79 Å². The summed E-state index contributed by atoms with van der Waals surface area (Å²) in [6.45, 7) is -0.0781.